The summed E-state index contributed by atoms with van der Waals surface area (Å²) in [4.78, 5) is 22.3. The Hall–Kier alpha value is -0.320. The monoisotopic (exact) mass is 213 g/mol. The van der Waals surface area contributed by atoms with E-state index in [1.165, 1.54) is 7.11 Å². The van der Waals surface area contributed by atoms with Crippen molar-refractivity contribution in [3.05, 3.63) is 0 Å². The fourth-order valence-electron chi connectivity index (χ4n) is 0.565. The Bertz CT molecular complexity index is 174. The molecule has 12 heavy (non-hydrogen) atoms. The minimum absolute atomic E-state index is 0.129. The molecule has 0 heterocycles. The van der Waals surface area contributed by atoms with Crippen molar-refractivity contribution in [1.29, 1.82) is 0 Å². The van der Waals surface area contributed by atoms with Gasteiger partial charge in [-0.1, -0.05) is 0 Å². The Morgan fingerprint density at radius 2 is 2.08 bits per heavy atom. The predicted octanol–water partition coefficient (Wildman–Crippen LogP) is 1.06. The van der Waals surface area contributed by atoms with Crippen molar-refractivity contribution >= 4 is 34.5 Å². The summed E-state index contributed by atoms with van der Waals surface area (Å²) in [5.74, 6) is -0.781. The lowest BCUT2D eigenvalue weighted by atomic mass is 10.5. The molecule has 0 aromatic heterocycles. The molecule has 0 aliphatic heterocycles. The minimum atomic E-state index is -0.835. The molecule has 6 heteroatoms. The summed E-state index contributed by atoms with van der Waals surface area (Å²) in [6.45, 7) is 0.380. The van der Waals surface area contributed by atoms with E-state index in [4.69, 9.17) is 23.2 Å². The van der Waals surface area contributed by atoms with E-state index in [-0.39, 0.29) is 19.0 Å². The van der Waals surface area contributed by atoms with Crippen molar-refractivity contribution < 1.29 is 14.3 Å². The SMILES string of the molecule is COCCN(C(=O)Cl)C(=O)CCl. The summed E-state index contributed by atoms with van der Waals surface area (Å²) in [5, 5.41) is -0.835. The lowest BCUT2D eigenvalue weighted by Gasteiger charge is -2.15. The first-order valence-electron chi connectivity index (χ1n) is 3.18. The van der Waals surface area contributed by atoms with Crippen LogP contribution in [0.1, 0.15) is 0 Å². The van der Waals surface area contributed by atoms with E-state index in [1.807, 2.05) is 0 Å². The lowest BCUT2D eigenvalue weighted by molar-refractivity contribution is -0.125. The number of ether oxygens (including phenoxy) is 1. The van der Waals surface area contributed by atoms with Crippen molar-refractivity contribution in [3.63, 3.8) is 0 Å². The van der Waals surface area contributed by atoms with Gasteiger partial charge in [0.2, 0.25) is 5.91 Å². The Kier molecular flexibility index (Phi) is 6.06. The van der Waals surface area contributed by atoms with Crippen LogP contribution in [0.5, 0.6) is 0 Å². The van der Waals surface area contributed by atoms with Gasteiger partial charge in [-0.25, -0.2) is 0 Å². The van der Waals surface area contributed by atoms with Gasteiger partial charge in [-0.15, -0.1) is 11.6 Å². The zero-order valence-corrected chi connectivity index (χ0v) is 8.06. The summed E-state index contributed by atoms with van der Waals surface area (Å²) in [5.41, 5.74) is 0. The maximum Gasteiger partial charge on any atom is 0.323 e. The first kappa shape index (κ1) is 11.7. The molecule has 0 unspecified atom stereocenters. The van der Waals surface area contributed by atoms with E-state index >= 15 is 0 Å². The molecular formula is C6H9Cl2NO3. The van der Waals surface area contributed by atoms with Crippen LogP contribution < -0.4 is 0 Å². The number of alkyl halides is 1. The van der Waals surface area contributed by atoms with E-state index in [9.17, 15) is 9.59 Å². The van der Waals surface area contributed by atoms with Crippen molar-refractivity contribution in [2.24, 2.45) is 0 Å². The molecule has 0 spiro atoms. The van der Waals surface area contributed by atoms with Crippen LogP contribution >= 0.6 is 23.2 Å². The van der Waals surface area contributed by atoms with E-state index < -0.39 is 11.3 Å². The summed E-state index contributed by atoms with van der Waals surface area (Å²) < 4.78 is 4.67. The van der Waals surface area contributed by atoms with Crippen LogP contribution in [0.2, 0.25) is 0 Å². The molecule has 0 saturated carbocycles. The number of carbonyl (C=O) groups is 2. The number of halogens is 2. The second-order valence-electron chi connectivity index (χ2n) is 1.92. The van der Waals surface area contributed by atoms with Gasteiger partial charge >= 0.3 is 5.37 Å². The molecule has 0 radical (unpaired) electrons. The van der Waals surface area contributed by atoms with Crippen molar-refractivity contribution in [1.82, 2.24) is 4.90 Å². The number of nitrogens with zero attached hydrogens (tertiary/aromatic N) is 1. The highest BCUT2D eigenvalue weighted by Crippen LogP contribution is 1.98. The maximum absolute atomic E-state index is 10.9. The van der Waals surface area contributed by atoms with Crippen LogP contribution in [0.4, 0.5) is 4.79 Å². The number of hydrogen-bond donors (Lipinski definition) is 0. The Morgan fingerprint density at radius 3 is 2.42 bits per heavy atom. The zero-order chi connectivity index (χ0) is 9.56. The topological polar surface area (TPSA) is 46.6 Å². The molecule has 0 rings (SSSR count). The fourth-order valence-corrected chi connectivity index (χ4v) is 0.888. The predicted molar refractivity (Wildman–Crippen MR) is 45.6 cm³/mol. The van der Waals surface area contributed by atoms with Crippen molar-refractivity contribution in [3.8, 4) is 0 Å². The molecule has 0 bridgehead atoms. The molecule has 70 valence electrons. The third-order valence-corrected chi connectivity index (χ3v) is 1.58. The summed E-state index contributed by atoms with van der Waals surface area (Å²) in [6.07, 6.45) is 0. The highest BCUT2D eigenvalue weighted by molar-refractivity contribution is 6.64. The van der Waals surface area contributed by atoms with Gasteiger partial charge in [0.05, 0.1) is 13.2 Å². The Morgan fingerprint density at radius 1 is 1.50 bits per heavy atom. The number of imide groups is 1. The van der Waals surface area contributed by atoms with Gasteiger partial charge in [0.25, 0.3) is 0 Å². The molecule has 0 aliphatic rings. The number of amides is 2. The lowest BCUT2D eigenvalue weighted by Crippen LogP contribution is -2.36. The highest BCUT2D eigenvalue weighted by atomic mass is 35.5. The van der Waals surface area contributed by atoms with Crippen LogP contribution in [0.3, 0.4) is 0 Å². The molecule has 0 atom stereocenters. The van der Waals surface area contributed by atoms with Crippen LogP contribution in [-0.4, -0.2) is 42.3 Å². The summed E-state index contributed by atoms with van der Waals surface area (Å²) in [7, 11) is 1.46. The molecule has 0 saturated heterocycles. The largest absolute Gasteiger partial charge is 0.383 e. The highest BCUT2D eigenvalue weighted by Gasteiger charge is 2.17. The molecule has 0 fully saturated rings. The molecule has 4 nitrogen and oxygen atoms in total. The number of methoxy groups -OCH3 is 1. The molecule has 0 aliphatic carbocycles. The zero-order valence-electron chi connectivity index (χ0n) is 6.55. The maximum atomic E-state index is 10.9. The number of rotatable bonds is 4. The Balaban J connectivity index is 4.04. The van der Waals surface area contributed by atoms with Crippen LogP contribution in [0.15, 0.2) is 0 Å². The Labute approximate surface area is 80.4 Å². The molecule has 0 aromatic rings. The van der Waals surface area contributed by atoms with Gasteiger partial charge < -0.3 is 4.74 Å². The first-order chi connectivity index (χ1) is 5.63. The standard InChI is InChI=1S/C6H9Cl2NO3/c1-12-3-2-9(6(8)11)5(10)4-7/h2-4H2,1H3. The van der Waals surface area contributed by atoms with Crippen LogP contribution in [0.25, 0.3) is 0 Å². The van der Waals surface area contributed by atoms with Crippen molar-refractivity contribution in [2.45, 2.75) is 0 Å². The number of carbonyl (C=O) groups excluding carboxylic acids is 2. The van der Waals surface area contributed by atoms with Crippen LogP contribution in [0, 0.1) is 0 Å². The minimum Gasteiger partial charge on any atom is -0.383 e. The van der Waals surface area contributed by atoms with E-state index in [2.05, 4.69) is 4.74 Å². The quantitative estimate of drug-likeness (QED) is 0.399. The molecule has 2 amide bonds. The van der Waals surface area contributed by atoms with E-state index in [0.29, 0.717) is 0 Å². The smallest absolute Gasteiger partial charge is 0.323 e. The second-order valence-corrected chi connectivity index (χ2v) is 2.52. The van der Waals surface area contributed by atoms with Gasteiger partial charge in [0.1, 0.15) is 5.88 Å². The third-order valence-electron chi connectivity index (χ3n) is 1.15. The van der Waals surface area contributed by atoms with E-state index in [1.54, 1.807) is 0 Å². The fraction of sp³-hybridized carbons (Fsp3) is 0.667. The van der Waals surface area contributed by atoms with Gasteiger partial charge in [-0.05, 0) is 11.6 Å². The molecule has 0 N–H and O–H groups in total. The molecule has 0 aromatic carbocycles. The van der Waals surface area contributed by atoms with Gasteiger partial charge in [-0.3, -0.25) is 14.5 Å². The van der Waals surface area contributed by atoms with Gasteiger partial charge in [0.15, 0.2) is 0 Å². The second kappa shape index (κ2) is 6.22. The first-order valence-corrected chi connectivity index (χ1v) is 4.09. The van der Waals surface area contributed by atoms with Gasteiger partial charge in [-0.2, -0.15) is 0 Å². The van der Waals surface area contributed by atoms with E-state index in [0.717, 1.165) is 4.90 Å². The normalized spacial score (nSPS) is 9.58. The summed E-state index contributed by atoms with van der Waals surface area (Å²) >= 11 is 10.3. The average molecular weight is 214 g/mol. The summed E-state index contributed by atoms with van der Waals surface area (Å²) in [6, 6.07) is 0. The average Bonchev–Trinajstić information content (AvgIpc) is 2.04. The molecular weight excluding hydrogens is 205 g/mol. The number of hydrogen-bond acceptors (Lipinski definition) is 3. The van der Waals surface area contributed by atoms with Crippen LogP contribution in [-0.2, 0) is 9.53 Å². The van der Waals surface area contributed by atoms with Crippen molar-refractivity contribution in [2.75, 3.05) is 26.1 Å². The van der Waals surface area contributed by atoms with Gasteiger partial charge in [0, 0.05) is 7.11 Å². The third kappa shape index (κ3) is 3.90.